The molecule has 2 N–H and O–H groups in total. The van der Waals surface area contributed by atoms with Crippen LogP contribution in [-0.2, 0) is 0 Å². The molecule has 0 aliphatic heterocycles. The van der Waals surface area contributed by atoms with Gasteiger partial charge in [0.2, 0.25) is 5.89 Å². The number of anilines is 1. The van der Waals surface area contributed by atoms with E-state index in [4.69, 9.17) is 21.8 Å². The van der Waals surface area contributed by atoms with Crippen molar-refractivity contribution < 1.29 is 4.42 Å². The molecule has 3 aromatic rings. The van der Waals surface area contributed by atoms with E-state index in [2.05, 4.69) is 4.98 Å². The lowest BCUT2D eigenvalue weighted by atomic mass is 10.2. The fraction of sp³-hybridized carbons (Fsp3) is 0.0714. The molecule has 90 valence electrons. The summed E-state index contributed by atoms with van der Waals surface area (Å²) in [6.45, 7) is 1.95. The average Bonchev–Trinajstić information content (AvgIpc) is 2.74. The van der Waals surface area contributed by atoms with E-state index in [1.165, 1.54) is 0 Å². The molecule has 0 amide bonds. The Labute approximate surface area is 109 Å². The first-order chi connectivity index (χ1) is 8.63. The number of fused-ring (bicyclic) bond motifs is 1. The molecule has 1 heterocycles. The third-order valence-electron chi connectivity index (χ3n) is 2.79. The topological polar surface area (TPSA) is 52.0 Å². The zero-order valence-electron chi connectivity index (χ0n) is 9.77. The van der Waals surface area contributed by atoms with Crippen LogP contribution in [0.1, 0.15) is 5.56 Å². The number of hydrogen-bond acceptors (Lipinski definition) is 3. The SMILES string of the molecule is Cc1cc(N)cc2nc(-c3ccc(Cl)cc3)oc12. The summed E-state index contributed by atoms with van der Waals surface area (Å²) in [5, 5.41) is 0.690. The molecule has 0 spiro atoms. The lowest BCUT2D eigenvalue weighted by Gasteiger charge is -1.95. The standard InChI is InChI=1S/C14H11ClN2O/c1-8-6-11(16)7-12-13(8)18-14(17-12)9-2-4-10(15)5-3-9/h2-7H,16H2,1H3. The predicted octanol–water partition coefficient (Wildman–Crippen LogP) is 4.04. The Morgan fingerprint density at radius 3 is 2.61 bits per heavy atom. The molecule has 0 bridgehead atoms. The van der Waals surface area contributed by atoms with E-state index in [1.54, 1.807) is 0 Å². The fourth-order valence-corrected chi connectivity index (χ4v) is 2.07. The first-order valence-electron chi connectivity index (χ1n) is 5.56. The molecule has 0 unspecified atom stereocenters. The molecule has 2 aromatic carbocycles. The van der Waals surface area contributed by atoms with Gasteiger partial charge in [-0.25, -0.2) is 4.98 Å². The van der Waals surface area contributed by atoms with E-state index in [0.29, 0.717) is 16.6 Å². The minimum atomic E-state index is 0.579. The minimum Gasteiger partial charge on any atom is -0.436 e. The van der Waals surface area contributed by atoms with Crippen molar-refractivity contribution in [3.05, 3.63) is 47.0 Å². The van der Waals surface area contributed by atoms with Gasteiger partial charge in [-0.05, 0) is 48.9 Å². The van der Waals surface area contributed by atoms with Crippen molar-refractivity contribution in [3.63, 3.8) is 0 Å². The predicted molar refractivity (Wildman–Crippen MR) is 73.6 cm³/mol. The van der Waals surface area contributed by atoms with Crippen molar-refractivity contribution in [3.8, 4) is 11.5 Å². The summed E-state index contributed by atoms with van der Waals surface area (Å²) in [5.41, 5.74) is 9.91. The molecule has 3 rings (SSSR count). The summed E-state index contributed by atoms with van der Waals surface area (Å²) >= 11 is 5.86. The highest BCUT2D eigenvalue weighted by molar-refractivity contribution is 6.30. The zero-order chi connectivity index (χ0) is 12.7. The third kappa shape index (κ3) is 1.83. The number of hydrogen-bond donors (Lipinski definition) is 1. The van der Waals surface area contributed by atoms with Gasteiger partial charge in [0.15, 0.2) is 5.58 Å². The quantitative estimate of drug-likeness (QED) is 0.670. The van der Waals surface area contributed by atoms with Crippen molar-refractivity contribution in [1.82, 2.24) is 4.98 Å². The Morgan fingerprint density at radius 1 is 1.17 bits per heavy atom. The van der Waals surface area contributed by atoms with Gasteiger partial charge < -0.3 is 10.2 Å². The van der Waals surface area contributed by atoms with Crippen LogP contribution in [0.5, 0.6) is 0 Å². The maximum atomic E-state index is 5.86. The summed E-state index contributed by atoms with van der Waals surface area (Å²) < 4.78 is 5.77. The number of benzene rings is 2. The number of nitrogens with two attached hydrogens (primary N) is 1. The first kappa shape index (κ1) is 11.1. The second-order valence-corrected chi connectivity index (χ2v) is 4.65. The van der Waals surface area contributed by atoms with Gasteiger partial charge in [-0.2, -0.15) is 0 Å². The summed E-state index contributed by atoms with van der Waals surface area (Å²) in [7, 11) is 0. The van der Waals surface area contributed by atoms with E-state index in [1.807, 2.05) is 43.3 Å². The van der Waals surface area contributed by atoms with Gasteiger partial charge in [-0.1, -0.05) is 11.6 Å². The smallest absolute Gasteiger partial charge is 0.227 e. The van der Waals surface area contributed by atoms with Gasteiger partial charge in [0.05, 0.1) is 0 Å². The molecule has 1 aromatic heterocycles. The zero-order valence-corrected chi connectivity index (χ0v) is 10.5. The molecular formula is C14H11ClN2O. The number of aryl methyl sites for hydroxylation is 1. The molecule has 0 aliphatic carbocycles. The van der Waals surface area contributed by atoms with E-state index < -0.39 is 0 Å². The van der Waals surface area contributed by atoms with Crippen LogP contribution in [0.25, 0.3) is 22.6 Å². The molecule has 0 fully saturated rings. The van der Waals surface area contributed by atoms with Crippen molar-refractivity contribution in [1.29, 1.82) is 0 Å². The lowest BCUT2D eigenvalue weighted by molar-refractivity contribution is 0.617. The fourth-order valence-electron chi connectivity index (χ4n) is 1.94. The van der Waals surface area contributed by atoms with Gasteiger partial charge in [0, 0.05) is 16.3 Å². The highest BCUT2D eigenvalue weighted by atomic mass is 35.5. The number of nitrogen functional groups attached to an aromatic ring is 1. The van der Waals surface area contributed by atoms with Crippen molar-refractivity contribution in [2.45, 2.75) is 6.92 Å². The normalized spacial score (nSPS) is 11.0. The van der Waals surface area contributed by atoms with Crippen LogP contribution in [0.4, 0.5) is 5.69 Å². The van der Waals surface area contributed by atoms with Crippen LogP contribution in [0, 0.1) is 6.92 Å². The Balaban J connectivity index is 2.19. The number of oxazole rings is 1. The summed E-state index contributed by atoms with van der Waals surface area (Å²) in [4.78, 5) is 4.44. The van der Waals surface area contributed by atoms with Crippen LogP contribution >= 0.6 is 11.6 Å². The van der Waals surface area contributed by atoms with Crippen LogP contribution < -0.4 is 5.73 Å². The van der Waals surface area contributed by atoms with E-state index in [0.717, 1.165) is 22.2 Å². The van der Waals surface area contributed by atoms with Crippen LogP contribution in [0.15, 0.2) is 40.8 Å². The van der Waals surface area contributed by atoms with Gasteiger partial charge in [0.1, 0.15) is 5.52 Å². The average molecular weight is 259 g/mol. The van der Waals surface area contributed by atoms with E-state index in [9.17, 15) is 0 Å². The Bertz CT molecular complexity index is 716. The largest absolute Gasteiger partial charge is 0.436 e. The molecular weight excluding hydrogens is 248 g/mol. The van der Waals surface area contributed by atoms with E-state index in [-0.39, 0.29) is 0 Å². The van der Waals surface area contributed by atoms with Crippen LogP contribution in [-0.4, -0.2) is 4.98 Å². The molecule has 18 heavy (non-hydrogen) atoms. The number of halogens is 1. The van der Waals surface area contributed by atoms with Gasteiger partial charge in [0.25, 0.3) is 0 Å². The Morgan fingerprint density at radius 2 is 1.89 bits per heavy atom. The molecule has 4 heteroatoms. The summed E-state index contributed by atoms with van der Waals surface area (Å²) in [5.74, 6) is 0.579. The Hall–Kier alpha value is -2.00. The summed E-state index contributed by atoms with van der Waals surface area (Å²) in [6.07, 6.45) is 0. The van der Waals surface area contributed by atoms with Gasteiger partial charge in [-0.3, -0.25) is 0 Å². The number of nitrogens with zero attached hydrogens (tertiary/aromatic N) is 1. The molecule has 0 saturated carbocycles. The van der Waals surface area contributed by atoms with Crippen molar-refractivity contribution in [2.24, 2.45) is 0 Å². The maximum absolute atomic E-state index is 5.86. The first-order valence-corrected chi connectivity index (χ1v) is 5.94. The third-order valence-corrected chi connectivity index (χ3v) is 3.04. The highest BCUT2D eigenvalue weighted by Gasteiger charge is 2.10. The second kappa shape index (κ2) is 4.03. The van der Waals surface area contributed by atoms with Gasteiger partial charge >= 0.3 is 0 Å². The van der Waals surface area contributed by atoms with Crippen molar-refractivity contribution in [2.75, 3.05) is 5.73 Å². The molecule has 3 nitrogen and oxygen atoms in total. The minimum absolute atomic E-state index is 0.579. The van der Waals surface area contributed by atoms with E-state index >= 15 is 0 Å². The number of aromatic nitrogens is 1. The lowest BCUT2D eigenvalue weighted by Crippen LogP contribution is -1.85. The van der Waals surface area contributed by atoms with Crippen LogP contribution in [0.3, 0.4) is 0 Å². The van der Waals surface area contributed by atoms with Crippen LogP contribution in [0.2, 0.25) is 5.02 Å². The molecule has 0 aliphatic rings. The maximum Gasteiger partial charge on any atom is 0.227 e. The number of rotatable bonds is 1. The Kier molecular flexibility index (Phi) is 2.49. The molecule has 0 atom stereocenters. The summed E-state index contributed by atoms with van der Waals surface area (Å²) in [6, 6.07) is 11.1. The second-order valence-electron chi connectivity index (χ2n) is 4.21. The monoisotopic (exact) mass is 258 g/mol. The van der Waals surface area contributed by atoms with Crippen molar-refractivity contribution >= 4 is 28.4 Å². The molecule has 0 saturated heterocycles. The van der Waals surface area contributed by atoms with Gasteiger partial charge in [-0.15, -0.1) is 0 Å². The molecule has 0 radical (unpaired) electrons. The highest BCUT2D eigenvalue weighted by Crippen LogP contribution is 2.28.